The first-order valence-electron chi connectivity index (χ1n) is 7.31. The first-order valence-corrected chi connectivity index (χ1v) is 7.31. The first-order chi connectivity index (χ1) is 9.96. The Kier molecular flexibility index (Phi) is 15.0. The summed E-state index contributed by atoms with van der Waals surface area (Å²) in [5.74, 6) is 0.356. The zero-order valence-corrected chi connectivity index (χ0v) is 14.2. The van der Waals surface area contributed by atoms with Gasteiger partial charge in [-0.25, -0.2) is 0 Å². The van der Waals surface area contributed by atoms with E-state index in [1.807, 2.05) is 45.2 Å². The van der Waals surface area contributed by atoms with Gasteiger partial charge in [0.25, 0.3) is 0 Å². The van der Waals surface area contributed by atoms with Crippen molar-refractivity contribution in [2.24, 2.45) is 0 Å². The Morgan fingerprint density at radius 3 is 1.86 bits per heavy atom. The van der Waals surface area contributed by atoms with Crippen LogP contribution in [0.15, 0.2) is 60.7 Å². The van der Waals surface area contributed by atoms with Crippen molar-refractivity contribution in [3.8, 4) is 5.75 Å². The molecule has 0 aliphatic heterocycles. The van der Waals surface area contributed by atoms with Gasteiger partial charge in [0, 0.05) is 0 Å². The van der Waals surface area contributed by atoms with Crippen LogP contribution in [0.4, 0.5) is 0 Å². The molecule has 21 heavy (non-hydrogen) atoms. The van der Waals surface area contributed by atoms with Crippen molar-refractivity contribution in [1.82, 2.24) is 5.32 Å². The smallest absolute Gasteiger partial charge is 0.115 e. The molecule has 0 spiro atoms. The lowest BCUT2D eigenvalue weighted by molar-refractivity contribution is 0.474. The van der Waals surface area contributed by atoms with Gasteiger partial charge >= 0.3 is 0 Å². The highest BCUT2D eigenvalue weighted by atomic mass is 16.3. The molecule has 1 aromatic carbocycles. The van der Waals surface area contributed by atoms with E-state index in [1.54, 1.807) is 12.1 Å². The lowest BCUT2D eigenvalue weighted by Gasteiger charge is -1.94. The molecule has 0 radical (unpaired) electrons. The molecular weight excluding hydrogens is 258 g/mol. The number of rotatable bonds is 4. The van der Waals surface area contributed by atoms with Crippen molar-refractivity contribution in [3.63, 3.8) is 0 Å². The molecule has 2 heteroatoms. The number of phenols is 1. The number of hydrogen-bond donors (Lipinski definition) is 2. The number of allylic oxidation sites excluding steroid dienone is 4. The Morgan fingerprint density at radius 2 is 1.62 bits per heavy atom. The van der Waals surface area contributed by atoms with E-state index in [1.165, 1.54) is 16.7 Å². The highest BCUT2D eigenvalue weighted by molar-refractivity contribution is 5.27. The van der Waals surface area contributed by atoms with E-state index < -0.39 is 0 Å². The summed E-state index contributed by atoms with van der Waals surface area (Å²) in [6, 6.07) is 7.31. The van der Waals surface area contributed by atoms with Gasteiger partial charge in [-0.3, -0.25) is 0 Å². The third-order valence-corrected chi connectivity index (χ3v) is 2.91. The Morgan fingerprint density at radius 1 is 1.14 bits per heavy atom. The molecule has 0 heterocycles. The number of aromatic hydroxyl groups is 1. The SMILES string of the molecule is C=C/C(C)=C(/C)C=C.CCNC.CCc1cccc(O)c1. The summed E-state index contributed by atoms with van der Waals surface area (Å²) in [4.78, 5) is 0. The Hall–Kier alpha value is -1.80. The quantitative estimate of drug-likeness (QED) is 0.775. The molecule has 2 N–H and O–H groups in total. The molecular formula is C19H31NO. The minimum Gasteiger partial charge on any atom is -0.508 e. The third-order valence-electron chi connectivity index (χ3n) is 2.91. The molecule has 0 fully saturated rings. The average molecular weight is 289 g/mol. The van der Waals surface area contributed by atoms with Crippen molar-refractivity contribution >= 4 is 0 Å². The number of aryl methyl sites for hydroxylation is 1. The van der Waals surface area contributed by atoms with Gasteiger partial charge in [0.15, 0.2) is 0 Å². The molecule has 2 nitrogen and oxygen atoms in total. The normalized spacial score (nSPS) is 10.1. The molecule has 0 atom stereocenters. The summed E-state index contributed by atoms with van der Waals surface area (Å²) in [6.07, 6.45) is 4.64. The molecule has 1 aromatic rings. The van der Waals surface area contributed by atoms with Crippen LogP contribution in [0.3, 0.4) is 0 Å². The van der Waals surface area contributed by atoms with Crippen LogP contribution in [0.1, 0.15) is 33.3 Å². The summed E-state index contributed by atoms with van der Waals surface area (Å²) in [6.45, 7) is 16.5. The van der Waals surface area contributed by atoms with Crippen molar-refractivity contribution in [3.05, 3.63) is 66.3 Å². The Labute approximate surface area is 130 Å². The fourth-order valence-electron chi connectivity index (χ4n) is 1.10. The van der Waals surface area contributed by atoms with Gasteiger partial charge < -0.3 is 10.4 Å². The third kappa shape index (κ3) is 13.0. The van der Waals surface area contributed by atoms with Crippen molar-refractivity contribution < 1.29 is 5.11 Å². The number of phenolic OH excluding ortho intramolecular Hbond substituents is 1. The van der Waals surface area contributed by atoms with Gasteiger partial charge in [0.05, 0.1) is 0 Å². The van der Waals surface area contributed by atoms with E-state index in [0.717, 1.165) is 13.0 Å². The van der Waals surface area contributed by atoms with Crippen LogP contribution in [-0.4, -0.2) is 18.7 Å². The maximum atomic E-state index is 8.94. The largest absolute Gasteiger partial charge is 0.508 e. The highest BCUT2D eigenvalue weighted by Crippen LogP contribution is 2.10. The van der Waals surface area contributed by atoms with Crippen molar-refractivity contribution in [2.75, 3.05) is 13.6 Å². The summed E-state index contributed by atoms with van der Waals surface area (Å²) in [5, 5.41) is 11.9. The molecule has 0 saturated heterocycles. The van der Waals surface area contributed by atoms with Crippen LogP contribution in [0.25, 0.3) is 0 Å². The lowest BCUT2D eigenvalue weighted by Crippen LogP contribution is -2.01. The van der Waals surface area contributed by atoms with E-state index in [9.17, 15) is 0 Å². The van der Waals surface area contributed by atoms with E-state index in [2.05, 4.69) is 32.3 Å². The highest BCUT2D eigenvalue weighted by Gasteiger charge is 1.87. The minimum atomic E-state index is 0.356. The summed E-state index contributed by atoms with van der Waals surface area (Å²) < 4.78 is 0. The van der Waals surface area contributed by atoms with Crippen LogP contribution >= 0.6 is 0 Å². The fraction of sp³-hybridized carbons (Fsp3) is 0.368. The van der Waals surface area contributed by atoms with Gasteiger partial charge in [0.2, 0.25) is 0 Å². The predicted octanol–water partition coefficient (Wildman–Crippen LogP) is 4.88. The maximum Gasteiger partial charge on any atom is 0.115 e. The minimum absolute atomic E-state index is 0.356. The van der Waals surface area contributed by atoms with Crippen molar-refractivity contribution in [2.45, 2.75) is 34.1 Å². The van der Waals surface area contributed by atoms with E-state index in [0.29, 0.717) is 5.75 Å². The second-order valence-electron chi connectivity index (χ2n) is 4.50. The van der Waals surface area contributed by atoms with Gasteiger partial charge in [-0.2, -0.15) is 0 Å². The number of benzene rings is 1. The molecule has 1 rings (SSSR count). The van der Waals surface area contributed by atoms with E-state index in [-0.39, 0.29) is 0 Å². The van der Waals surface area contributed by atoms with Gasteiger partial charge in [-0.1, -0.05) is 51.3 Å². The summed E-state index contributed by atoms with van der Waals surface area (Å²) in [7, 11) is 1.93. The Bertz CT molecular complexity index is 415. The van der Waals surface area contributed by atoms with Crippen LogP contribution < -0.4 is 5.32 Å². The van der Waals surface area contributed by atoms with Crippen LogP contribution in [0, 0.1) is 0 Å². The molecule has 0 unspecified atom stereocenters. The zero-order valence-electron chi connectivity index (χ0n) is 14.2. The molecule has 0 saturated carbocycles. The predicted molar refractivity (Wildman–Crippen MR) is 95.9 cm³/mol. The number of nitrogens with one attached hydrogen (secondary N) is 1. The van der Waals surface area contributed by atoms with Gasteiger partial charge in [-0.05, 0) is 62.7 Å². The topological polar surface area (TPSA) is 32.3 Å². The Balaban J connectivity index is 0. The monoisotopic (exact) mass is 289 g/mol. The molecule has 0 aliphatic rings. The van der Waals surface area contributed by atoms with Crippen LogP contribution in [-0.2, 0) is 6.42 Å². The molecule has 0 aliphatic carbocycles. The fourth-order valence-corrected chi connectivity index (χ4v) is 1.10. The molecule has 0 aromatic heterocycles. The van der Waals surface area contributed by atoms with Crippen molar-refractivity contribution in [1.29, 1.82) is 0 Å². The van der Waals surface area contributed by atoms with E-state index in [4.69, 9.17) is 5.11 Å². The first kappa shape index (κ1) is 21.5. The second-order valence-corrected chi connectivity index (χ2v) is 4.50. The molecule has 0 bridgehead atoms. The lowest BCUT2D eigenvalue weighted by atomic mass is 10.1. The van der Waals surface area contributed by atoms with Gasteiger partial charge in [0.1, 0.15) is 5.75 Å². The van der Waals surface area contributed by atoms with Crippen LogP contribution in [0.5, 0.6) is 5.75 Å². The van der Waals surface area contributed by atoms with Crippen LogP contribution in [0.2, 0.25) is 0 Å². The summed E-state index contributed by atoms with van der Waals surface area (Å²) in [5.41, 5.74) is 3.56. The molecule has 118 valence electrons. The number of hydrogen-bond acceptors (Lipinski definition) is 2. The molecule has 0 amide bonds. The second kappa shape index (κ2) is 14.6. The summed E-state index contributed by atoms with van der Waals surface area (Å²) >= 11 is 0. The maximum absolute atomic E-state index is 8.94. The zero-order chi connectivity index (χ0) is 16.7. The standard InChI is InChI=1S/C8H10O.C8H12.C3H9N/c1-2-7-4-3-5-8(9)6-7;1-5-7(3)8(4)6-2;1-3-4-2/h3-6,9H,2H2,1H3;5-6H,1-2H2,3-4H3;4H,3H2,1-2H3/b;8-7-;. The average Bonchev–Trinajstić information content (AvgIpc) is 2.54. The van der Waals surface area contributed by atoms with E-state index >= 15 is 0 Å². The van der Waals surface area contributed by atoms with Gasteiger partial charge in [-0.15, -0.1) is 0 Å².